The van der Waals surface area contributed by atoms with Crippen LogP contribution in [0.2, 0.25) is 0 Å². The highest BCUT2D eigenvalue weighted by molar-refractivity contribution is 5.47. The van der Waals surface area contributed by atoms with Crippen LogP contribution in [0.4, 0.5) is 0 Å². The van der Waals surface area contributed by atoms with Crippen molar-refractivity contribution in [2.45, 2.75) is 58.0 Å². The number of allylic oxidation sites excluding steroid dienone is 3. The Balaban J connectivity index is 1.41. The van der Waals surface area contributed by atoms with Gasteiger partial charge < -0.3 is 10.0 Å². The summed E-state index contributed by atoms with van der Waals surface area (Å²) < 4.78 is 0. The molecule has 0 aromatic heterocycles. The van der Waals surface area contributed by atoms with E-state index in [1.54, 1.807) is 6.08 Å². The standard InChI is InChI=1S/C19H29N3O/c1-2-3-6-15-10-13-22(14-11-15)12-5-8-17-19-16(20-21-17)7-4-9-18(19)23/h4,7,9,15,18,23H,2-3,5-6,8,10-14H2,1H3. The first-order valence-electron chi connectivity index (χ1n) is 9.22. The molecular weight excluding hydrogens is 286 g/mol. The summed E-state index contributed by atoms with van der Waals surface area (Å²) in [5.41, 5.74) is 2.74. The molecule has 0 saturated carbocycles. The van der Waals surface area contributed by atoms with Crippen LogP contribution in [0.5, 0.6) is 0 Å². The topological polar surface area (TPSA) is 48.2 Å². The number of hydrogen-bond acceptors (Lipinski definition) is 4. The van der Waals surface area contributed by atoms with Crippen LogP contribution in [0.1, 0.15) is 51.9 Å². The summed E-state index contributed by atoms with van der Waals surface area (Å²) in [6.07, 6.45) is 13.9. The molecule has 0 spiro atoms. The van der Waals surface area contributed by atoms with E-state index < -0.39 is 6.10 Å². The Labute approximate surface area is 139 Å². The molecule has 4 heteroatoms. The minimum absolute atomic E-state index is 0.533. The van der Waals surface area contributed by atoms with Gasteiger partial charge in [-0.2, -0.15) is 10.2 Å². The highest BCUT2D eigenvalue weighted by Crippen LogP contribution is 2.33. The number of nitrogens with zero attached hydrogens (tertiary/aromatic N) is 3. The second kappa shape index (κ2) is 8.02. The van der Waals surface area contributed by atoms with Gasteiger partial charge in [-0.3, -0.25) is 0 Å². The van der Waals surface area contributed by atoms with Crippen LogP contribution in [-0.2, 0) is 0 Å². The van der Waals surface area contributed by atoms with E-state index in [-0.39, 0.29) is 0 Å². The number of aliphatic hydroxyl groups excluding tert-OH is 1. The van der Waals surface area contributed by atoms with Crippen LogP contribution in [0.15, 0.2) is 45.4 Å². The minimum Gasteiger partial charge on any atom is -0.384 e. The second-order valence-electron chi connectivity index (χ2n) is 6.97. The minimum atomic E-state index is -0.533. The molecule has 0 bridgehead atoms. The van der Waals surface area contributed by atoms with Crippen LogP contribution < -0.4 is 0 Å². The molecular formula is C19H29N3O. The summed E-state index contributed by atoms with van der Waals surface area (Å²) in [6.45, 7) is 5.92. The zero-order valence-corrected chi connectivity index (χ0v) is 14.2. The molecule has 3 rings (SSSR count). The van der Waals surface area contributed by atoms with Gasteiger partial charge in [-0.15, -0.1) is 0 Å². The predicted octanol–water partition coefficient (Wildman–Crippen LogP) is 4.20. The Kier molecular flexibility index (Phi) is 5.79. The van der Waals surface area contributed by atoms with E-state index in [9.17, 15) is 5.11 Å². The van der Waals surface area contributed by atoms with Gasteiger partial charge in [0.15, 0.2) is 0 Å². The number of fused-ring (bicyclic) bond motifs is 1. The number of hydrogen-bond donors (Lipinski definition) is 1. The fourth-order valence-corrected chi connectivity index (χ4v) is 3.81. The summed E-state index contributed by atoms with van der Waals surface area (Å²) in [6, 6.07) is 0. The SMILES string of the molecule is CCCCC1CCN(CCCC2=C3C(=CC=CC3O)N=N2)CC1. The second-order valence-corrected chi connectivity index (χ2v) is 6.97. The fourth-order valence-electron chi connectivity index (χ4n) is 3.81. The highest BCUT2D eigenvalue weighted by Gasteiger charge is 2.25. The Morgan fingerprint density at radius 1 is 1.22 bits per heavy atom. The Morgan fingerprint density at radius 3 is 2.83 bits per heavy atom. The number of azo groups is 1. The third-order valence-corrected chi connectivity index (χ3v) is 5.27. The predicted molar refractivity (Wildman–Crippen MR) is 93.0 cm³/mol. The van der Waals surface area contributed by atoms with Crippen LogP contribution in [0.25, 0.3) is 0 Å². The van der Waals surface area contributed by atoms with Gasteiger partial charge >= 0.3 is 0 Å². The van der Waals surface area contributed by atoms with Gasteiger partial charge in [-0.25, -0.2) is 0 Å². The first-order valence-corrected chi connectivity index (χ1v) is 9.22. The summed E-state index contributed by atoms with van der Waals surface area (Å²) in [7, 11) is 0. The first kappa shape index (κ1) is 16.6. The fraction of sp³-hybridized carbons (Fsp3) is 0.684. The quantitative estimate of drug-likeness (QED) is 0.765. The monoisotopic (exact) mass is 315 g/mol. The van der Waals surface area contributed by atoms with Crippen molar-refractivity contribution in [3.05, 3.63) is 35.2 Å². The van der Waals surface area contributed by atoms with Gasteiger partial charge in [0.05, 0.1) is 11.4 Å². The number of rotatable bonds is 7. The van der Waals surface area contributed by atoms with Crippen molar-refractivity contribution in [2.75, 3.05) is 19.6 Å². The number of likely N-dealkylation sites (tertiary alicyclic amines) is 1. The van der Waals surface area contributed by atoms with E-state index in [0.29, 0.717) is 0 Å². The average Bonchev–Trinajstić information content (AvgIpc) is 2.99. The average molecular weight is 315 g/mol. The van der Waals surface area contributed by atoms with Crippen molar-refractivity contribution in [3.63, 3.8) is 0 Å². The van der Waals surface area contributed by atoms with Gasteiger partial charge in [0.25, 0.3) is 0 Å². The number of aliphatic hydroxyl groups is 1. The summed E-state index contributed by atoms with van der Waals surface area (Å²) in [4.78, 5) is 2.59. The van der Waals surface area contributed by atoms with Gasteiger partial charge in [-0.05, 0) is 57.3 Å². The van der Waals surface area contributed by atoms with Crippen molar-refractivity contribution in [3.8, 4) is 0 Å². The van der Waals surface area contributed by atoms with Gasteiger partial charge in [-0.1, -0.05) is 38.3 Å². The summed E-state index contributed by atoms with van der Waals surface area (Å²) >= 11 is 0. The lowest BCUT2D eigenvalue weighted by Gasteiger charge is -2.32. The lowest BCUT2D eigenvalue weighted by Crippen LogP contribution is -2.34. The molecule has 0 amide bonds. The number of piperidine rings is 1. The molecule has 1 aliphatic carbocycles. The van der Waals surface area contributed by atoms with Crippen molar-refractivity contribution >= 4 is 0 Å². The normalized spacial score (nSPS) is 25.1. The molecule has 0 radical (unpaired) electrons. The molecule has 3 aliphatic rings. The molecule has 0 aromatic carbocycles. The first-order chi connectivity index (χ1) is 11.3. The molecule has 1 atom stereocenters. The molecule has 1 unspecified atom stereocenters. The van der Waals surface area contributed by atoms with Crippen LogP contribution in [0, 0.1) is 5.92 Å². The van der Waals surface area contributed by atoms with Crippen molar-refractivity contribution < 1.29 is 5.11 Å². The van der Waals surface area contributed by atoms with Crippen LogP contribution >= 0.6 is 0 Å². The Hall–Kier alpha value is -1.26. The summed E-state index contributed by atoms with van der Waals surface area (Å²) in [5.74, 6) is 0.955. The lowest BCUT2D eigenvalue weighted by molar-refractivity contribution is 0.176. The third kappa shape index (κ3) is 4.18. The maximum atomic E-state index is 10.1. The molecule has 4 nitrogen and oxygen atoms in total. The van der Waals surface area contributed by atoms with Crippen LogP contribution in [-0.4, -0.2) is 35.7 Å². The molecule has 2 heterocycles. The zero-order valence-electron chi connectivity index (χ0n) is 14.2. The molecule has 1 fully saturated rings. The molecule has 0 aromatic rings. The van der Waals surface area contributed by atoms with E-state index in [2.05, 4.69) is 22.1 Å². The van der Waals surface area contributed by atoms with E-state index in [0.717, 1.165) is 42.3 Å². The van der Waals surface area contributed by atoms with Gasteiger partial charge in [0.1, 0.15) is 6.10 Å². The van der Waals surface area contributed by atoms with E-state index in [1.807, 2.05) is 12.2 Å². The zero-order chi connectivity index (χ0) is 16.1. The van der Waals surface area contributed by atoms with Crippen molar-refractivity contribution in [1.82, 2.24) is 4.90 Å². The van der Waals surface area contributed by atoms with Gasteiger partial charge in [0.2, 0.25) is 0 Å². The van der Waals surface area contributed by atoms with Crippen molar-refractivity contribution in [1.29, 1.82) is 0 Å². The lowest BCUT2D eigenvalue weighted by atomic mass is 9.91. The Morgan fingerprint density at radius 2 is 2.04 bits per heavy atom. The maximum absolute atomic E-state index is 10.1. The molecule has 1 saturated heterocycles. The van der Waals surface area contributed by atoms with Crippen molar-refractivity contribution in [2.24, 2.45) is 16.1 Å². The van der Waals surface area contributed by atoms with E-state index in [1.165, 1.54) is 45.2 Å². The molecule has 23 heavy (non-hydrogen) atoms. The maximum Gasteiger partial charge on any atom is 0.101 e. The highest BCUT2D eigenvalue weighted by atomic mass is 16.3. The largest absolute Gasteiger partial charge is 0.384 e. The molecule has 2 aliphatic heterocycles. The molecule has 126 valence electrons. The van der Waals surface area contributed by atoms with Crippen LogP contribution in [0.3, 0.4) is 0 Å². The summed E-state index contributed by atoms with van der Waals surface area (Å²) in [5, 5.41) is 18.5. The van der Waals surface area contributed by atoms with E-state index in [4.69, 9.17) is 0 Å². The molecule has 1 N–H and O–H groups in total. The van der Waals surface area contributed by atoms with Gasteiger partial charge in [0, 0.05) is 5.57 Å². The third-order valence-electron chi connectivity index (χ3n) is 5.27. The van der Waals surface area contributed by atoms with E-state index >= 15 is 0 Å². The smallest absolute Gasteiger partial charge is 0.101 e. The Bertz CT molecular complexity index is 525. The number of unbranched alkanes of at least 4 members (excludes halogenated alkanes) is 1.